The van der Waals surface area contributed by atoms with Crippen LogP contribution in [0.2, 0.25) is 0 Å². The molecule has 1 aromatic rings. The summed E-state index contributed by atoms with van der Waals surface area (Å²) in [6.45, 7) is -0.0354. The van der Waals surface area contributed by atoms with Crippen molar-refractivity contribution in [2.45, 2.75) is 10.8 Å². The summed E-state index contributed by atoms with van der Waals surface area (Å²) in [6.07, 6.45) is 1.81. The first kappa shape index (κ1) is 12.0. The molecule has 1 rings (SSSR count). The predicted octanol–water partition coefficient (Wildman–Crippen LogP) is 1.67. The Morgan fingerprint density at radius 2 is 2.33 bits per heavy atom. The molecule has 3 N–H and O–H groups in total. The zero-order chi connectivity index (χ0) is 11.4. The van der Waals surface area contributed by atoms with Gasteiger partial charge < -0.3 is 10.8 Å². The fourth-order valence-corrected chi connectivity index (χ4v) is 1.98. The quantitative estimate of drug-likeness (QED) is 0.771. The number of rotatable bonds is 4. The number of carboxylic acids is 1. The second kappa shape index (κ2) is 5.14. The first-order valence-corrected chi connectivity index (χ1v) is 5.59. The van der Waals surface area contributed by atoms with Crippen molar-refractivity contribution in [3.05, 3.63) is 29.6 Å². The van der Waals surface area contributed by atoms with Crippen molar-refractivity contribution >= 4 is 17.7 Å². The predicted molar refractivity (Wildman–Crippen MR) is 57.6 cm³/mol. The van der Waals surface area contributed by atoms with E-state index in [0.717, 1.165) is 4.90 Å². The van der Waals surface area contributed by atoms with Gasteiger partial charge in [-0.25, -0.2) is 4.39 Å². The standard InChI is InChI=1S/C10H12FNO2S/c1-15-9-3-2-6(11)4-7(9)8(5-12)10(13)14/h2-4,8H,5,12H2,1H3,(H,13,14). The molecule has 0 aromatic heterocycles. The number of aliphatic carboxylic acids is 1. The number of nitrogens with two attached hydrogens (primary N) is 1. The molecule has 3 nitrogen and oxygen atoms in total. The number of hydrogen-bond donors (Lipinski definition) is 2. The van der Waals surface area contributed by atoms with Gasteiger partial charge in [-0.15, -0.1) is 11.8 Å². The topological polar surface area (TPSA) is 63.3 Å². The molecule has 5 heteroatoms. The van der Waals surface area contributed by atoms with E-state index in [2.05, 4.69) is 0 Å². The Bertz CT molecular complexity index is 370. The van der Waals surface area contributed by atoms with Gasteiger partial charge in [0.05, 0.1) is 5.92 Å². The number of carboxylic acid groups (broad SMARTS) is 1. The molecule has 0 spiro atoms. The molecule has 15 heavy (non-hydrogen) atoms. The molecule has 0 fully saturated rings. The zero-order valence-corrected chi connectivity index (χ0v) is 9.05. The van der Waals surface area contributed by atoms with Crippen molar-refractivity contribution in [1.29, 1.82) is 0 Å². The molecule has 82 valence electrons. The molecule has 0 heterocycles. The normalized spacial score (nSPS) is 12.5. The van der Waals surface area contributed by atoms with Crippen molar-refractivity contribution in [2.24, 2.45) is 5.73 Å². The Balaban J connectivity index is 3.19. The first-order valence-electron chi connectivity index (χ1n) is 4.36. The van der Waals surface area contributed by atoms with Gasteiger partial charge in [0, 0.05) is 11.4 Å². The lowest BCUT2D eigenvalue weighted by Gasteiger charge is -2.13. The summed E-state index contributed by atoms with van der Waals surface area (Å²) >= 11 is 1.38. The van der Waals surface area contributed by atoms with Crippen LogP contribution in [0.3, 0.4) is 0 Å². The monoisotopic (exact) mass is 229 g/mol. The zero-order valence-electron chi connectivity index (χ0n) is 8.24. The van der Waals surface area contributed by atoms with Crippen LogP contribution in [0.25, 0.3) is 0 Å². The summed E-state index contributed by atoms with van der Waals surface area (Å²) in [5, 5.41) is 8.93. The van der Waals surface area contributed by atoms with Gasteiger partial charge in [0.25, 0.3) is 0 Å². The Morgan fingerprint density at radius 1 is 1.67 bits per heavy atom. The van der Waals surface area contributed by atoms with Crippen LogP contribution in [0.5, 0.6) is 0 Å². The van der Waals surface area contributed by atoms with Gasteiger partial charge in [-0.05, 0) is 30.0 Å². The number of carbonyl (C=O) groups is 1. The highest BCUT2D eigenvalue weighted by molar-refractivity contribution is 7.98. The largest absolute Gasteiger partial charge is 0.481 e. The first-order chi connectivity index (χ1) is 7.10. The minimum atomic E-state index is -1.03. The average molecular weight is 229 g/mol. The van der Waals surface area contributed by atoms with Gasteiger partial charge in [-0.1, -0.05) is 0 Å². The molecule has 0 aliphatic heterocycles. The third-order valence-electron chi connectivity index (χ3n) is 2.10. The van der Waals surface area contributed by atoms with E-state index in [9.17, 15) is 9.18 Å². The molecule has 0 bridgehead atoms. The van der Waals surface area contributed by atoms with Crippen LogP contribution in [0.4, 0.5) is 4.39 Å². The summed E-state index contributed by atoms with van der Waals surface area (Å²) in [4.78, 5) is 11.6. The van der Waals surface area contributed by atoms with Gasteiger partial charge in [0.2, 0.25) is 0 Å². The molecule has 1 atom stereocenters. The van der Waals surface area contributed by atoms with Crippen LogP contribution in [0.15, 0.2) is 23.1 Å². The molecule has 0 radical (unpaired) electrons. The highest BCUT2D eigenvalue weighted by Gasteiger charge is 2.21. The lowest BCUT2D eigenvalue weighted by molar-refractivity contribution is -0.138. The van der Waals surface area contributed by atoms with E-state index >= 15 is 0 Å². The Morgan fingerprint density at radius 3 is 2.80 bits per heavy atom. The third kappa shape index (κ3) is 2.70. The molecule has 1 unspecified atom stereocenters. The summed E-state index contributed by atoms with van der Waals surface area (Å²) in [5.74, 6) is -2.32. The molecule has 0 saturated carbocycles. The second-order valence-corrected chi connectivity index (χ2v) is 3.86. The van der Waals surface area contributed by atoms with Crippen molar-refractivity contribution < 1.29 is 14.3 Å². The Kier molecular flexibility index (Phi) is 4.11. The van der Waals surface area contributed by atoms with E-state index < -0.39 is 17.7 Å². The van der Waals surface area contributed by atoms with E-state index in [0.29, 0.717) is 5.56 Å². The van der Waals surface area contributed by atoms with Crippen LogP contribution < -0.4 is 5.73 Å². The average Bonchev–Trinajstić information content (AvgIpc) is 2.18. The SMILES string of the molecule is CSc1ccc(F)cc1C(CN)C(=O)O. The molecular formula is C10H12FNO2S. The Labute approximate surface area is 91.5 Å². The molecule has 0 saturated heterocycles. The van der Waals surface area contributed by atoms with Crippen molar-refractivity contribution in [3.63, 3.8) is 0 Å². The lowest BCUT2D eigenvalue weighted by Crippen LogP contribution is -2.21. The molecule has 1 aromatic carbocycles. The molecule has 0 aliphatic rings. The van der Waals surface area contributed by atoms with Gasteiger partial charge in [-0.3, -0.25) is 4.79 Å². The molecule has 0 aliphatic carbocycles. The smallest absolute Gasteiger partial charge is 0.312 e. The van der Waals surface area contributed by atoms with Gasteiger partial charge in [0.1, 0.15) is 5.82 Å². The van der Waals surface area contributed by atoms with E-state index in [1.54, 1.807) is 6.07 Å². The van der Waals surface area contributed by atoms with Crippen molar-refractivity contribution in [2.75, 3.05) is 12.8 Å². The summed E-state index contributed by atoms with van der Waals surface area (Å²) in [5.41, 5.74) is 5.81. The van der Waals surface area contributed by atoms with Crippen LogP contribution >= 0.6 is 11.8 Å². The van der Waals surface area contributed by atoms with Gasteiger partial charge in [-0.2, -0.15) is 0 Å². The summed E-state index contributed by atoms with van der Waals surface area (Å²) < 4.78 is 13.0. The van der Waals surface area contributed by atoms with Crippen molar-refractivity contribution in [1.82, 2.24) is 0 Å². The lowest BCUT2D eigenvalue weighted by atomic mass is 9.99. The summed E-state index contributed by atoms with van der Waals surface area (Å²) in [6, 6.07) is 4.11. The van der Waals surface area contributed by atoms with Gasteiger partial charge >= 0.3 is 5.97 Å². The number of hydrogen-bond acceptors (Lipinski definition) is 3. The fraction of sp³-hybridized carbons (Fsp3) is 0.300. The van der Waals surface area contributed by atoms with E-state index in [1.165, 1.54) is 23.9 Å². The number of thioether (sulfide) groups is 1. The number of benzene rings is 1. The minimum absolute atomic E-state index is 0.0354. The molecule has 0 amide bonds. The molecular weight excluding hydrogens is 217 g/mol. The van der Waals surface area contributed by atoms with Crippen LogP contribution in [-0.4, -0.2) is 23.9 Å². The second-order valence-electron chi connectivity index (χ2n) is 3.01. The number of halogens is 1. The van der Waals surface area contributed by atoms with Gasteiger partial charge in [0.15, 0.2) is 0 Å². The highest BCUT2D eigenvalue weighted by atomic mass is 32.2. The highest BCUT2D eigenvalue weighted by Crippen LogP contribution is 2.27. The van der Waals surface area contributed by atoms with E-state index in [1.807, 2.05) is 6.26 Å². The van der Waals surface area contributed by atoms with Crippen LogP contribution in [0, 0.1) is 5.82 Å². The maximum atomic E-state index is 13.0. The van der Waals surface area contributed by atoms with E-state index in [-0.39, 0.29) is 6.54 Å². The van der Waals surface area contributed by atoms with Crippen molar-refractivity contribution in [3.8, 4) is 0 Å². The maximum absolute atomic E-state index is 13.0. The fourth-order valence-electron chi connectivity index (χ4n) is 1.34. The Hall–Kier alpha value is -1.07. The van der Waals surface area contributed by atoms with Crippen LogP contribution in [-0.2, 0) is 4.79 Å². The third-order valence-corrected chi connectivity index (χ3v) is 2.91. The summed E-state index contributed by atoms with van der Waals surface area (Å²) in [7, 11) is 0. The minimum Gasteiger partial charge on any atom is -0.481 e. The van der Waals surface area contributed by atoms with Crippen LogP contribution in [0.1, 0.15) is 11.5 Å². The maximum Gasteiger partial charge on any atom is 0.312 e. The van der Waals surface area contributed by atoms with E-state index in [4.69, 9.17) is 10.8 Å².